The molecule has 0 aromatic heterocycles. The fourth-order valence-electron chi connectivity index (χ4n) is 3.58. The molecule has 0 aromatic carbocycles. The summed E-state index contributed by atoms with van der Waals surface area (Å²) in [6, 6.07) is 0. The summed E-state index contributed by atoms with van der Waals surface area (Å²) in [5, 5.41) is 6.89. The van der Waals surface area contributed by atoms with Crippen LogP contribution in [-0.4, -0.2) is 67.0 Å². The van der Waals surface area contributed by atoms with Crippen molar-refractivity contribution in [3.63, 3.8) is 0 Å². The number of unbranched alkanes of at least 4 members (excludes halogenated alkanes) is 1. The van der Waals surface area contributed by atoms with Crippen molar-refractivity contribution < 1.29 is 4.79 Å². The van der Waals surface area contributed by atoms with Gasteiger partial charge in [-0.1, -0.05) is 0 Å². The lowest BCUT2D eigenvalue weighted by Gasteiger charge is -2.30. The Morgan fingerprint density at radius 2 is 2.04 bits per heavy atom. The molecule has 2 aliphatic rings. The highest BCUT2D eigenvalue weighted by atomic mass is 127. The van der Waals surface area contributed by atoms with Gasteiger partial charge in [0.1, 0.15) is 0 Å². The molecule has 2 fully saturated rings. The van der Waals surface area contributed by atoms with Crippen molar-refractivity contribution in [3.8, 4) is 0 Å². The highest BCUT2D eigenvalue weighted by Gasteiger charge is 2.29. The van der Waals surface area contributed by atoms with Gasteiger partial charge in [0.05, 0.1) is 0 Å². The van der Waals surface area contributed by atoms with E-state index in [0.717, 1.165) is 57.9 Å². The Labute approximate surface area is 179 Å². The van der Waals surface area contributed by atoms with Crippen LogP contribution >= 0.6 is 35.7 Å². The molecule has 0 radical (unpaired) electrons. The van der Waals surface area contributed by atoms with Crippen LogP contribution in [0.5, 0.6) is 0 Å². The summed E-state index contributed by atoms with van der Waals surface area (Å²) in [5.74, 6) is 2.15. The van der Waals surface area contributed by atoms with E-state index in [9.17, 15) is 4.79 Å². The number of nitrogens with zero attached hydrogens (tertiary/aromatic N) is 2. The number of guanidine groups is 1. The molecule has 1 unspecified atom stereocenters. The van der Waals surface area contributed by atoms with Crippen LogP contribution in [0.3, 0.4) is 0 Å². The molecule has 2 aliphatic heterocycles. The zero-order valence-corrected chi connectivity index (χ0v) is 19.4. The molecule has 0 aromatic rings. The van der Waals surface area contributed by atoms with Crippen molar-refractivity contribution in [3.05, 3.63) is 0 Å². The molecule has 0 spiro atoms. The lowest BCUT2D eigenvalue weighted by Crippen LogP contribution is -2.44. The van der Waals surface area contributed by atoms with Gasteiger partial charge in [-0.25, -0.2) is 0 Å². The van der Waals surface area contributed by atoms with E-state index in [4.69, 9.17) is 5.73 Å². The first kappa shape index (κ1) is 23.8. The summed E-state index contributed by atoms with van der Waals surface area (Å²) in [6.07, 6.45) is 6.74. The standard InChI is InChI=1S/C18H35N5OS.HI/c1-18(8-5-13-25-18)14-22-17(20-2)21-9-3-4-10-23-11-6-15(7-12-23)16(19)24;/h15H,3-14H2,1-2H3,(H2,19,24)(H2,20,21,22);1H. The summed E-state index contributed by atoms with van der Waals surface area (Å²) in [6.45, 7) is 7.37. The molecule has 26 heavy (non-hydrogen) atoms. The zero-order valence-electron chi connectivity index (χ0n) is 16.3. The van der Waals surface area contributed by atoms with E-state index in [0.29, 0.717) is 4.75 Å². The Kier molecular flexibility index (Phi) is 11.2. The summed E-state index contributed by atoms with van der Waals surface area (Å²) >= 11 is 2.07. The lowest BCUT2D eigenvalue weighted by atomic mass is 9.96. The second kappa shape index (κ2) is 12.3. The Balaban J connectivity index is 0.00000338. The average Bonchev–Trinajstić information content (AvgIpc) is 3.04. The molecule has 6 nitrogen and oxygen atoms in total. The minimum Gasteiger partial charge on any atom is -0.369 e. The van der Waals surface area contributed by atoms with Crippen molar-refractivity contribution in [1.82, 2.24) is 15.5 Å². The van der Waals surface area contributed by atoms with E-state index in [1.165, 1.54) is 25.0 Å². The number of nitrogens with two attached hydrogens (primary N) is 1. The normalized spacial score (nSPS) is 24.9. The molecule has 2 heterocycles. The van der Waals surface area contributed by atoms with Crippen molar-refractivity contribution in [2.24, 2.45) is 16.6 Å². The van der Waals surface area contributed by atoms with Gasteiger partial charge in [0, 0.05) is 30.8 Å². The Morgan fingerprint density at radius 3 is 2.62 bits per heavy atom. The number of amides is 1. The van der Waals surface area contributed by atoms with Crippen molar-refractivity contribution >= 4 is 47.6 Å². The first-order valence-corrected chi connectivity index (χ1v) is 10.6. The number of hydrogen-bond acceptors (Lipinski definition) is 4. The Bertz CT molecular complexity index is 449. The highest BCUT2D eigenvalue weighted by molar-refractivity contribution is 14.0. The zero-order chi connectivity index (χ0) is 18.1. The lowest BCUT2D eigenvalue weighted by molar-refractivity contribution is -0.123. The van der Waals surface area contributed by atoms with Crippen molar-refractivity contribution in [1.29, 1.82) is 0 Å². The van der Waals surface area contributed by atoms with E-state index in [1.807, 2.05) is 7.05 Å². The van der Waals surface area contributed by atoms with E-state index in [2.05, 4.69) is 39.2 Å². The number of carbonyl (C=O) groups is 1. The molecular formula is C18H36IN5OS. The van der Waals surface area contributed by atoms with Crippen LogP contribution in [-0.2, 0) is 4.79 Å². The van der Waals surface area contributed by atoms with Gasteiger partial charge in [0.2, 0.25) is 5.91 Å². The number of carbonyl (C=O) groups excluding carboxylic acids is 1. The molecule has 8 heteroatoms. The molecule has 0 aliphatic carbocycles. The largest absolute Gasteiger partial charge is 0.369 e. The van der Waals surface area contributed by atoms with Crippen LogP contribution in [0, 0.1) is 5.92 Å². The molecule has 152 valence electrons. The van der Waals surface area contributed by atoms with Gasteiger partial charge >= 0.3 is 0 Å². The summed E-state index contributed by atoms with van der Waals surface area (Å²) in [7, 11) is 1.84. The van der Waals surface area contributed by atoms with Gasteiger partial charge in [0.25, 0.3) is 0 Å². The molecule has 2 rings (SSSR count). The number of hydrogen-bond donors (Lipinski definition) is 3. The van der Waals surface area contributed by atoms with Crippen LogP contribution in [0.4, 0.5) is 0 Å². The highest BCUT2D eigenvalue weighted by Crippen LogP contribution is 2.36. The van der Waals surface area contributed by atoms with Crippen LogP contribution in [0.25, 0.3) is 0 Å². The number of thioether (sulfide) groups is 1. The number of nitrogens with one attached hydrogen (secondary N) is 2. The number of aliphatic imine (C=N–C) groups is 1. The summed E-state index contributed by atoms with van der Waals surface area (Å²) in [4.78, 5) is 18.0. The maximum absolute atomic E-state index is 11.2. The van der Waals surface area contributed by atoms with E-state index in [-0.39, 0.29) is 35.8 Å². The average molecular weight is 497 g/mol. The Morgan fingerprint density at radius 1 is 1.31 bits per heavy atom. The third-order valence-corrected chi connectivity index (χ3v) is 6.88. The minimum absolute atomic E-state index is 0. The van der Waals surface area contributed by atoms with Gasteiger partial charge in [0.15, 0.2) is 5.96 Å². The van der Waals surface area contributed by atoms with Gasteiger partial charge in [-0.15, -0.1) is 24.0 Å². The smallest absolute Gasteiger partial charge is 0.220 e. The molecule has 1 amide bonds. The number of halogens is 1. The van der Waals surface area contributed by atoms with E-state index < -0.39 is 0 Å². The second-order valence-corrected chi connectivity index (χ2v) is 9.16. The number of primary amides is 1. The van der Waals surface area contributed by atoms with Gasteiger partial charge in [-0.2, -0.15) is 11.8 Å². The fraction of sp³-hybridized carbons (Fsp3) is 0.889. The predicted octanol–water partition coefficient (Wildman–Crippen LogP) is 2.03. The Hall–Kier alpha value is -0.220. The van der Waals surface area contributed by atoms with Gasteiger partial charge < -0.3 is 21.3 Å². The molecule has 4 N–H and O–H groups in total. The quantitative estimate of drug-likeness (QED) is 0.207. The number of likely N-dealkylation sites (tertiary alicyclic amines) is 1. The number of piperidine rings is 1. The van der Waals surface area contributed by atoms with Crippen LogP contribution < -0.4 is 16.4 Å². The second-order valence-electron chi connectivity index (χ2n) is 7.48. The fourth-order valence-corrected chi connectivity index (χ4v) is 4.82. The monoisotopic (exact) mass is 497 g/mol. The SMILES string of the molecule is CN=C(NCCCCN1CCC(C(N)=O)CC1)NCC1(C)CCCS1.I. The van der Waals surface area contributed by atoms with Gasteiger partial charge in [-0.05, 0) is 70.8 Å². The summed E-state index contributed by atoms with van der Waals surface area (Å²) in [5.41, 5.74) is 5.38. The van der Waals surface area contributed by atoms with Crippen molar-refractivity contribution in [2.75, 3.05) is 45.5 Å². The maximum Gasteiger partial charge on any atom is 0.220 e. The third-order valence-electron chi connectivity index (χ3n) is 5.34. The van der Waals surface area contributed by atoms with Gasteiger partial charge in [-0.3, -0.25) is 9.79 Å². The summed E-state index contributed by atoms with van der Waals surface area (Å²) < 4.78 is 0.356. The third kappa shape index (κ3) is 8.21. The minimum atomic E-state index is -0.132. The molecular weight excluding hydrogens is 461 g/mol. The first-order chi connectivity index (χ1) is 12.0. The maximum atomic E-state index is 11.2. The molecule has 0 saturated carbocycles. The van der Waals surface area contributed by atoms with Crippen molar-refractivity contribution in [2.45, 2.75) is 50.2 Å². The van der Waals surface area contributed by atoms with E-state index >= 15 is 0 Å². The van der Waals surface area contributed by atoms with Crippen LogP contribution in [0.1, 0.15) is 45.4 Å². The molecule has 2 saturated heterocycles. The molecule has 1 atom stereocenters. The van der Waals surface area contributed by atoms with Crippen LogP contribution in [0.2, 0.25) is 0 Å². The number of rotatable bonds is 8. The topological polar surface area (TPSA) is 82.8 Å². The first-order valence-electron chi connectivity index (χ1n) is 9.62. The van der Waals surface area contributed by atoms with Crippen LogP contribution in [0.15, 0.2) is 4.99 Å². The molecule has 0 bridgehead atoms. The predicted molar refractivity (Wildman–Crippen MR) is 122 cm³/mol. The van der Waals surface area contributed by atoms with E-state index in [1.54, 1.807) is 0 Å².